The van der Waals surface area contributed by atoms with Crippen molar-refractivity contribution in [3.8, 4) is 34.2 Å². The summed E-state index contributed by atoms with van der Waals surface area (Å²) in [6.07, 6.45) is 8.68. The Morgan fingerprint density at radius 2 is 0.921 bits per heavy atom. The second kappa shape index (κ2) is 24.7. The predicted octanol–water partition coefficient (Wildman–Crippen LogP) is 5.11. The number of esters is 2. The Morgan fingerprint density at radius 1 is 0.553 bits per heavy atom. The van der Waals surface area contributed by atoms with Crippen LogP contribution in [0.3, 0.4) is 0 Å². The van der Waals surface area contributed by atoms with E-state index in [2.05, 4.69) is 137 Å². The van der Waals surface area contributed by atoms with E-state index in [0.29, 0.717) is 24.8 Å². The van der Waals surface area contributed by atoms with Crippen molar-refractivity contribution in [3.63, 3.8) is 0 Å². The summed E-state index contributed by atoms with van der Waals surface area (Å²) < 4.78 is 25.2. The molecule has 18 heteroatoms. The number of H-pyrrole nitrogens is 3. The Bertz CT molecular complexity index is 3520. The maximum absolute atomic E-state index is 11.8. The Kier molecular flexibility index (Phi) is 19.2. The van der Waals surface area contributed by atoms with Crippen LogP contribution in [0.4, 0.5) is 0 Å². The third kappa shape index (κ3) is 12.1. The van der Waals surface area contributed by atoms with E-state index >= 15 is 0 Å². The average molecular weight is 1160 g/mol. The number of nitrogens with one attached hydrogen (secondary N) is 3. The zero-order chi connectivity index (χ0) is 52.6. The first-order valence-electron chi connectivity index (χ1n) is 24.7. The Labute approximate surface area is 541 Å². The minimum Gasteiger partial charge on any atom is -0.505 e. The van der Waals surface area contributed by atoms with Gasteiger partial charge in [-0.3, -0.25) is 9.97 Å². The van der Waals surface area contributed by atoms with Crippen molar-refractivity contribution in [2.75, 3.05) is 13.2 Å². The van der Waals surface area contributed by atoms with E-state index in [0.717, 1.165) is 55.9 Å². The molecule has 8 heterocycles. The van der Waals surface area contributed by atoms with Crippen LogP contribution in [0.5, 0.6) is 0 Å². The number of fused-ring (bicyclic) bond motifs is 3. The third-order valence-corrected chi connectivity index (χ3v) is 14.1. The van der Waals surface area contributed by atoms with Gasteiger partial charge in [0.25, 0.3) is 11.9 Å². The first-order chi connectivity index (χ1) is 35.4. The zero-order valence-corrected chi connectivity index (χ0v) is 55.8. The van der Waals surface area contributed by atoms with Crippen molar-refractivity contribution >= 4 is 57.2 Å². The number of rotatable bonds is 9. The summed E-state index contributed by atoms with van der Waals surface area (Å²) in [6.45, 7) is 25.1. The summed E-state index contributed by atoms with van der Waals surface area (Å²) in [5.74, 6) is 0.282. The van der Waals surface area contributed by atoms with Crippen LogP contribution in [0, 0.1) is 53.9 Å². The van der Waals surface area contributed by atoms with E-state index in [-0.39, 0.29) is 146 Å². The molecular formula is C58H60BN9O6Rb2. The van der Waals surface area contributed by atoms with Gasteiger partial charge in [-0.25, -0.2) is 10.2 Å². The molecule has 7 aromatic heterocycles. The molecule has 11 rings (SSSR count). The number of carbonyl (C=O) groups is 2. The second-order valence-electron chi connectivity index (χ2n) is 19.3. The molecule has 0 aliphatic carbocycles. The number of hydrogen-bond donors (Lipinski definition) is 3. The Hall–Kier alpha value is -4.46. The topological polar surface area (TPSA) is 180 Å². The largest absolute Gasteiger partial charge is 1.00 e. The number of benzene rings is 3. The van der Waals surface area contributed by atoms with Crippen LogP contribution in [-0.4, -0.2) is 88.0 Å². The number of hydrogen-bond acceptors (Lipinski definition) is 10. The van der Waals surface area contributed by atoms with E-state index in [1.807, 2.05) is 60.7 Å². The molecule has 15 nitrogen and oxygen atoms in total. The number of pyridine rings is 2. The molecule has 0 spiro atoms. The smallest absolute Gasteiger partial charge is 0.505 e. The molecule has 0 bridgehead atoms. The van der Waals surface area contributed by atoms with E-state index in [4.69, 9.17) is 28.8 Å². The molecular weight excluding hydrogens is 1100 g/mol. The number of aryl methyl sites for hydroxylation is 6. The molecule has 1 fully saturated rings. The van der Waals surface area contributed by atoms with Gasteiger partial charge in [0.1, 0.15) is 0 Å². The van der Waals surface area contributed by atoms with Gasteiger partial charge in [-0.05, 0) is 148 Å². The molecule has 76 heavy (non-hydrogen) atoms. The number of ether oxygens (including phenoxy) is 2. The molecule has 3 N–H and O–H groups in total. The molecule has 0 radical (unpaired) electrons. The van der Waals surface area contributed by atoms with E-state index in [1.165, 1.54) is 60.3 Å². The van der Waals surface area contributed by atoms with Gasteiger partial charge in [-0.2, -0.15) is 0 Å². The summed E-state index contributed by atoms with van der Waals surface area (Å²) in [4.78, 5) is 43.5. The van der Waals surface area contributed by atoms with Gasteiger partial charge in [-0.15, -0.1) is 0 Å². The molecule has 0 amide bonds. The van der Waals surface area contributed by atoms with Crippen LogP contribution in [0.1, 0.15) is 96.0 Å². The fourth-order valence-electron chi connectivity index (χ4n) is 8.87. The molecule has 378 valence electrons. The Balaban J connectivity index is 0.000000166. The number of aromatic nitrogens is 9. The van der Waals surface area contributed by atoms with Crippen LogP contribution < -0.4 is 122 Å². The Morgan fingerprint density at radius 3 is 1.33 bits per heavy atom. The summed E-state index contributed by atoms with van der Waals surface area (Å²) >= 11 is 0. The average Bonchev–Trinajstić information content (AvgIpc) is 4.26. The van der Waals surface area contributed by atoms with Crippen LogP contribution >= 0.6 is 0 Å². The summed E-state index contributed by atoms with van der Waals surface area (Å²) in [7, 11) is -0.318. The number of para-hydroxylation sites is 3. The molecule has 1 saturated heterocycles. The van der Waals surface area contributed by atoms with E-state index in [9.17, 15) is 9.59 Å². The SMILES string of the molecule is CCOC(=O)c1[c-]n(-c2cccc(-c3cccc4c(C)c(C)[nH]c34)n2)nc1.CCOC(=O)c1[c-]n(-c2cccc(-c3cccc4c(C)c(C)[nH]c34)n2)nc1.Cc1[nH]c2c(B3OC(C)(C)C(C)(C)O3)cccc2c1C.[Rb+].[Rb+]. The van der Waals surface area contributed by atoms with Crippen molar-refractivity contribution in [2.45, 2.75) is 94.3 Å². The quantitative estimate of drug-likeness (QED) is 0.1000. The third-order valence-electron chi connectivity index (χ3n) is 14.1. The zero-order valence-electron chi connectivity index (χ0n) is 45.9. The van der Waals surface area contributed by atoms with Crippen molar-refractivity contribution < 1.29 is 145 Å². The van der Waals surface area contributed by atoms with Gasteiger partial charge in [0.15, 0.2) is 0 Å². The molecule has 1 aliphatic rings. The van der Waals surface area contributed by atoms with Gasteiger partial charge in [0.05, 0.1) is 58.5 Å². The van der Waals surface area contributed by atoms with Crippen molar-refractivity contribution in [1.82, 2.24) is 44.5 Å². The second-order valence-corrected chi connectivity index (χ2v) is 19.3. The van der Waals surface area contributed by atoms with Gasteiger partial charge < -0.3 is 52.7 Å². The normalized spacial score (nSPS) is 13.3. The first kappa shape index (κ1) is 59.2. The molecule has 1 aliphatic heterocycles. The molecule has 0 saturated carbocycles. The molecule has 0 unspecified atom stereocenters. The number of carbonyl (C=O) groups excluding carboxylic acids is 2. The monoisotopic (exact) mass is 1160 g/mol. The maximum Gasteiger partial charge on any atom is 1.00 e. The number of nitrogens with zero attached hydrogens (tertiary/aromatic N) is 6. The summed E-state index contributed by atoms with van der Waals surface area (Å²) in [5, 5.41) is 12.0. The van der Waals surface area contributed by atoms with E-state index in [1.54, 1.807) is 13.8 Å². The van der Waals surface area contributed by atoms with Crippen LogP contribution in [0.15, 0.2) is 103 Å². The summed E-state index contributed by atoms with van der Waals surface area (Å²) in [5.41, 5.74) is 15.2. The summed E-state index contributed by atoms with van der Waals surface area (Å²) in [6, 6.07) is 30.1. The van der Waals surface area contributed by atoms with Crippen molar-refractivity contribution in [3.05, 3.63) is 161 Å². The van der Waals surface area contributed by atoms with Crippen molar-refractivity contribution in [2.24, 2.45) is 0 Å². The first-order valence-corrected chi connectivity index (χ1v) is 24.7. The van der Waals surface area contributed by atoms with Crippen molar-refractivity contribution in [1.29, 1.82) is 0 Å². The molecule has 0 atom stereocenters. The predicted molar refractivity (Wildman–Crippen MR) is 289 cm³/mol. The minimum absolute atomic E-state index is 0. The van der Waals surface area contributed by atoms with Gasteiger partial charge in [0.2, 0.25) is 0 Å². The fourth-order valence-corrected chi connectivity index (χ4v) is 8.87. The standard InChI is InChI=1S/2C21H19N4O2.C16H22BNO2.2Rb/c2*1-4-27-21(26)15-11-22-25(12-15)19-10-6-9-18(24-19)17-8-5-7-16-13(2)14(3)23-20(16)17;1-10-11(2)18-14-12(10)8-7-9-13(14)17-19-15(3,4)16(5,6)20-17;;/h2*5-11,23H,4H2,1-3H3;7-9,18H,1-6H3;;/q2*-1;;2*+1. The van der Waals surface area contributed by atoms with Gasteiger partial charge >= 0.3 is 123 Å². The molecule has 3 aromatic carbocycles. The molecule has 10 aromatic rings. The van der Waals surface area contributed by atoms with Gasteiger partial charge in [0, 0.05) is 55.3 Å². The van der Waals surface area contributed by atoms with E-state index < -0.39 is 11.9 Å². The fraction of sp³-hybridized carbons (Fsp3) is 0.276. The van der Waals surface area contributed by atoms with Crippen LogP contribution in [-0.2, 0) is 18.8 Å². The minimum atomic E-state index is -0.443. The number of aromatic amines is 3. The maximum atomic E-state index is 11.8. The van der Waals surface area contributed by atoms with Crippen LogP contribution in [0.25, 0.3) is 66.9 Å². The van der Waals surface area contributed by atoms with Crippen LogP contribution in [0.2, 0.25) is 0 Å². The van der Waals surface area contributed by atoms with Gasteiger partial charge in [-0.1, -0.05) is 78.9 Å².